The van der Waals surface area contributed by atoms with Crippen molar-refractivity contribution in [3.8, 4) is 11.4 Å². The predicted octanol–water partition coefficient (Wildman–Crippen LogP) is 3.10. The van der Waals surface area contributed by atoms with Crippen molar-refractivity contribution in [1.82, 2.24) is 10.1 Å². The van der Waals surface area contributed by atoms with Gasteiger partial charge in [0.05, 0.1) is 0 Å². The number of hydrogen-bond donors (Lipinski definition) is 1. The second-order valence-electron chi connectivity index (χ2n) is 3.29. The van der Waals surface area contributed by atoms with Gasteiger partial charge in [-0.05, 0) is 25.1 Å². The molecule has 2 aromatic rings. The van der Waals surface area contributed by atoms with E-state index < -0.39 is 6.10 Å². The normalized spacial score (nSPS) is 12.8. The van der Waals surface area contributed by atoms with Gasteiger partial charge < -0.3 is 9.63 Å². The van der Waals surface area contributed by atoms with Crippen LogP contribution in [0.4, 0.5) is 0 Å². The van der Waals surface area contributed by atoms with Crippen LogP contribution in [0, 0.1) is 0 Å². The molecule has 1 heterocycles. The van der Waals surface area contributed by atoms with Gasteiger partial charge in [-0.1, -0.05) is 28.4 Å². The smallest absolute Gasteiger partial charge is 0.255 e. The lowest BCUT2D eigenvalue weighted by atomic mass is 10.2. The van der Waals surface area contributed by atoms with Crippen LogP contribution in [0.1, 0.15) is 18.9 Å². The lowest BCUT2D eigenvalue weighted by Gasteiger charge is -1.97. The molecule has 2 rings (SSSR count). The molecule has 1 unspecified atom stereocenters. The molecule has 0 radical (unpaired) electrons. The average molecular weight is 259 g/mol. The SMILES string of the molecule is CC(O)c1nc(-c2cc(Cl)cc(Cl)c2)no1. The highest BCUT2D eigenvalue weighted by Crippen LogP contribution is 2.26. The molecule has 0 spiro atoms. The highest BCUT2D eigenvalue weighted by molar-refractivity contribution is 6.35. The van der Waals surface area contributed by atoms with Gasteiger partial charge in [0.1, 0.15) is 6.10 Å². The van der Waals surface area contributed by atoms with E-state index in [2.05, 4.69) is 10.1 Å². The van der Waals surface area contributed by atoms with Gasteiger partial charge >= 0.3 is 0 Å². The topological polar surface area (TPSA) is 59.2 Å². The third kappa shape index (κ3) is 2.35. The number of halogens is 2. The molecule has 84 valence electrons. The lowest BCUT2D eigenvalue weighted by molar-refractivity contribution is 0.152. The average Bonchev–Trinajstić information content (AvgIpc) is 2.64. The van der Waals surface area contributed by atoms with E-state index in [0.717, 1.165) is 0 Å². The summed E-state index contributed by atoms with van der Waals surface area (Å²) in [5.41, 5.74) is 0.646. The molecule has 1 atom stereocenters. The molecule has 0 aliphatic rings. The minimum Gasteiger partial charge on any atom is -0.384 e. The monoisotopic (exact) mass is 258 g/mol. The highest BCUT2D eigenvalue weighted by Gasteiger charge is 2.13. The Kier molecular flexibility index (Phi) is 3.14. The number of rotatable bonds is 2. The molecule has 0 saturated heterocycles. The van der Waals surface area contributed by atoms with E-state index in [-0.39, 0.29) is 5.89 Å². The number of aliphatic hydroxyl groups excluding tert-OH is 1. The molecule has 0 fully saturated rings. The quantitative estimate of drug-likeness (QED) is 0.900. The molecule has 0 aliphatic carbocycles. The van der Waals surface area contributed by atoms with Crippen molar-refractivity contribution in [2.45, 2.75) is 13.0 Å². The Bertz CT molecular complexity index is 491. The summed E-state index contributed by atoms with van der Waals surface area (Å²) in [7, 11) is 0. The zero-order valence-corrected chi connectivity index (χ0v) is 9.83. The first-order valence-corrected chi connectivity index (χ1v) is 5.30. The Labute approximate surface area is 102 Å². The predicted molar refractivity (Wildman–Crippen MR) is 60.4 cm³/mol. The first kappa shape index (κ1) is 11.4. The second-order valence-corrected chi connectivity index (χ2v) is 4.16. The van der Waals surface area contributed by atoms with Crippen LogP contribution < -0.4 is 0 Å². The first-order valence-electron chi connectivity index (χ1n) is 4.54. The van der Waals surface area contributed by atoms with Crippen LogP contribution in [-0.4, -0.2) is 15.2 Å². The molecular formula is C10H8Cl2N2O2. The lowest BCUT2D eigenvalue weighted by Crippen LogP contribution is -1.90. The Morgan fingerprint density at radius 2 is 1.88 bits per heavy atom. The third-order valence-corrected chi connectivity index (χ3v) is 2.36. The van der Waals surface area contributed by atoms with Crippen molar-refractivity contribution in [2.75, 3.05) is 0 Å². The van der Waals surface area contributed by atoms with E-state index in [1.807, 2.05) is 0 Å². The van der Waals surface area contributed by atoms with E-state index in [1.165, 1.54) is 0 Å². The fourth-order valence-electron chi connectivity index (χ4n) is 1.21. The largest absolute Gasteiger partial charge is 0.384 e. The third-order valence-electron chi connectivity index (χ3n) is 1.92. The van der Waals surface area contributed by atoms with Crippen LogP contribution in [0.25, 0.3) is 11.4 Å². The van der Waals surface area contributed by atoms with E-state index in [1.54, 1.807) is 25.1 Å². The van der Waals surface area contributed by atoms with Crippen molar-refractivity contribution in [3.63, 3.8) is 0 Å². The van der Waals surface area contributed by atoms with Crippen molar-refractivity contribution < 1.29 is 9.63 Å². The van der Waals surface area contributed by atoms with Crippen molar-refractivity contribution in [3.05, 3.63) is 34.1 Å². The summed E-state index contributed by atoms with van der Waals surface area (Å²) in [6, 6.07) is 4.95. The van der Waals surface area contributed by atoms with Gasteiger partial charge in [-0.25, -0.2) is 0 Å². The van der Waals surface area contributed by atoms with Crippen LogP contribution in [0.5, 0.6) is 0 Å². The van der Waals surface area contributed by atoms with E-state index in [0.29, 0.717) is 21.4 Å². The van der Waals surface area contributed by atoms with Gasteiger partial charge in [0.15, 0.2) is 0 Å². The Morgan fingerprint density at radius 1 is 1.25 bits per heavy atom. The standard InChI is InChI=1S/C10H8Cl2N2O2/c1-5(15)10-13-9(14-16-10)6-2-7(11)4-8(12)3-6/h2-5,15H,1H3. The maximum atomic E-state index is 9.24. The molecule has 0 saturated carbocycles. The summed E-state index contributed by atoms with van der Waals surface area (Å²) < 4.78 is 4.86. The summed E-state index contributed by atoms with van der Waals surface area (Å²) in [6.45, 7) is 1.54. The van der Waals surface area contributed by atoms with Crippen LogP contribution in [0.2, 0.25) is 10.0 Å². The summed E-state index contributed by atoms with van der Waals surface area (Å²) in [6.07, 6.45) is -0.795. The van der Waals surface area contributed by atoms with Crippen molar-refractivity contribution in [1.29, 1.82) is 0 Å². The Morgan fingerprint density at radius 3 is 2.38 bits per heavy atom. The van der Waals surface area contributed by atoms with E-state index >= 15 is 0 Å². The zero-order valence-electron chi connectivity index (χ0n) is 8.32. The molecule has 0 amide bonds. The minimum absolute atomic E-state index is 0.158. The molecule has 0 bridgehead atoms. The number of aromatic nitrogens is 2. The molecule has 1 N–H and O–H groups in total. The molecule has 1 aromatic heterocycles. The minimum atomic E-state index is -0.795. The number of aliphatic hydroxyl groups is 1. The molecule has 1 aromatic carbocycles. The van der Waals surface area contributed by atoms with Gasteiger partial charge in [0, 0.05) is 15.6 Å². The van der Waals surface area contributed by atoms with Crippen LogP contribution >= 0.6 is 23.2 Å². The van der Waals surface area contributed by atoms with E-state index in [9.17, 15) is 5.11 Å². The van der Waals surface area contributed by atoms with Crippen molar-refractivity contribution in [2.24, 2.45) is 0 Å². The Balaban J connectivity index is 2.42. The maximum Gasteiger partial charge on any atom is 0.255 e. The summed E-state index contributed by atoms with van der Waals surface area (Å²) in [5, 5.41) is 14.0. The molecule has 4 nitrogen and oxygen atoms in total. The fraction of sp³-hybridized carbons (Fsp3) is 0.200. The first-order chi connectivity index (χ1) is 7.56. The molecule has 6 heteroatoms. The summed E-state index contributed by atoms with van der Waals surface area (Å²) in [4.78, 5) is 4.02. The van der Waals surface area contributed by atoms with Crippen molar-refractivity contribution >= 4 is 23.2 Å². The van der Waals surface area contributed by atoms with Crippen LogP contribution in [0.15, 0.2) is 22.7 Å². The van der Waals surface area contributed by atoms with Crippen LogP contribution in [-0.2, 0) is 0 Å². The van der Waals surface area contributed by atoms with Gasteiger partial charge in [-0.2, -0.15) is 4.98 Å². The second kappa shape index (κ2) is 4.41. The summed E-state index contributed by atoms with van der Waals surface area (Å²) >= 11 is 11.7. The van der Waals surface area contributed by atoms with Gasteiger partial charge in [0.2, 0.25) is 5.82 Å². The summed E-state index contributed by atoms with van der Waals surface area (Å²) in [5.74, 6) is 0.506. The Hall–Kier alpha value is -1.10. The fourth-order valence-corrected chi connectivity index (χ4v) is 1.73. The maximum absolute atomic E-state index is 9.24. The van der Waals surface area contributed by atoms with E-state index in [4.69, 9.17) is 27.7 Å². The van der Waals surface area contributed by atoms with Gasteiger partial charge in [-0.15, -0.1) is 0 Å². The van der Waals surface area contributed by atoms with Crippen LogP contribution in [0.3, 0.4) is 0 Å². The van der Waals surface area contributed by atoms with Gasteiger partial charge in [-0.3, -0.25) is 0 Å². The molecule has 0 aliphatic heterocycles. The zero-order chi connectivity index (χ0) is 11.7. The van der Waals surface area contributed by atoms with Gasteiger partial charge in [0.25, 0.3) is 5.89 Å². The number of hydrogen-bond acceptors (Lipinski definition) is 4. The molecule has 16 heavy (non-hydrogen) atoms. The highest BCUT2D eigenvalue weighted by atomic mass is 35.5. The number of nitrogens with zero attached hydrogens (tertiary/aromatic N) is 2. The number of benzene rings is 1. The molecular weight excluding hydrogens is 251 g/mol.